The number of nitrogens with zero attached hydrogens (tertiary/aromatic N) is 2. The predicted molar refractivity (Wildman–Crippen MR) is 121 cm³/mol. The summed E-state index contributed by atoms with van der Waals surface area (Å²) in [7, 11) is 0. The van der Waals surface area contributed by atoms with Crippen LogP contribution < -0.4 is 10.2 Å². The van der Waals surface area contributed by atoms with Gasteiger partial charge in [-0.1, -0.05) is 5.16 Å². The molecule has 1 N–H and O–H groups in total. The van der Waals surface area contributed by atoms with Gasteiger partial charge in [-0.05, 0) is 56.6 Å². The third-order valence-electron chi connectivity index (χ3n) is 6.30. The second-order valence-electron chi connectivity index (χ2n) is 8.43. The van der Waals surface area contributed by atoms with Gasteiger partial charge in [-0.25, -0.2) is 4.39 Å². The van der Waals surface area contributed by atoms with E-state index in [2.05, 4.69) is 10.1 Å². The van der Waals surface area contributed by atoms with Gasteiger partial charge in [0.05, 0.1) is 24.2 Å². The second-order valence-corrected chi connectivity index (χ2v) is 8.43. The van der Waals surface area contributed by atoms with Gasteiger partial charge in [0, 0.05) is 30.0 Å². The first-order valence-electron chi connectivity index (χ1n) is 11.2. The number of hydrogen-bond acceptors (Lipinski definition) is 7. The van der Waals surface area contributed by atoms with Crippen molar-refractivity contribution < 1.29 is 23.2 Å². The van der Waals surface area contributed by atoms with Crippen LogP contribution in [0.15, 0.2) is 56.4 Å². The van der Waals surface area contributed by atoms with E-state index in [4.69, 9.17) is 13.7 Å². The molecule has 1 aliphatic heterocycles. The largest absolute Gasteiger partial charge is 0.493 e. The smallest absolute Gasteiger partial charge is 0.198 e. The summed E-state index contributed by atoms with van der Waals surface area (Å²) < 4.78 is 30.2. The molecule has 1 fully saturated rings. The summed E-state index contributed by atoms with van der Waals surface area (Å²) in [5.41, 5.74) is 1.04. The van der Waals surface area contributed by atoms with E-state index < -0.39 is 0 Å². The number of piperidine rings is 1. The van der Waals surface area contributed by atoms with Crippen LogP contribution in [-0.2, 0) is 6.61 Å². The first-order chi connectivity index (χ1) is 16.1. The third kappa shape index (κ3) is 4.49. The number of benzene rings is 2. The fourth-order valence-electron chi connectivity index (χ4n) is 4.48. The summed E-state index contributed by atoms with van der Waals surface area (Å²) in [6, 6.07) is 9.74. The molecule has 5 rings (SSSR count). The third-order valence-corrected chi connectivity index (χ3v) is 6.30. The lowest BCUT2D eigenvalue weighted by molar-refractivity contribution is 0.182. The van der Waals surface area contributed by atoms with Gasteiger partial charge < -0.3 is 23.7 Å². The zero-order valence-electron chi connectivity index (χ0n) is 18.1. The van der Waals surface area contributed by atoms with E-state index in [1.165, 1.54) is 18.4 Å². The lowest BCUT2D eigenvalue weighted by Crippen LogP contribution is -2.34. The molecule has 2 aromatic heterocycles. The van der Waals surface area contributed by atoms with E-state index in [9.17, 15) is 14.3 Å². The number of ether oxygens (including phenoxy) is 1. The summed E-state index contributed by atoms with van der Waals surface area (Å²) >= 11 is 0. The standard InChI is InChI=1S/C25H25FN2O5/c26-18-2-4-20-22(12-18)27-33-25(20)16-6-9-28(10-7-16)8-1-11-31-19-3-5-21-23(13-19)32-15-17(14-29)24(21)30/h2-5,12-13,15-16,29H,1,6-11,14H2. The Morgan fingerprint density at radius 1 is 1.15 bits per heavy atom. The first-order valence-corrected chi connectivity index (χ1v) is 11.2. The molecule has 0 atom stereocenters. The summed E-state index contributed by atoms with van der Waals surface area (Å²) in [4.78, 5) is 14.6. The van der Waals surface area contributed by atoms with Crippen LogP contribution >= 0.6 is 0 Å². The Balaban J connectivity index is 1.10. The normalized spacial score (nSPS) is 15.5. The molecule has 1 saturated heterocycles. The highest BCUT2D eigenvalue weighted by atomic mass is 19.1. The maximum absolute atomic E-state index is 13.4. The van der Waals surface area contributed by atoms with E-state index >= 15 is 0 Å². The number of halogens is 1. The zero-order chi connectivity index (χ0) is 22.8. The highest BCUT2D eigenvalue weighted by Gasteiger charge is 2.25. The highest BCUT2D eigenvalue weighted by molar-refractivity contribution is 5.81. The molecule has 0 aliphatic carbocycles. The van der Waals surface area contributed by atoms with Crippen LogP contribution in [0.4, 0.5) is 4.39 Å². The zero-order valence-corrected chi connectivity index (χ0v) is 18.1. The fourth-order valence-corrected chi connectivity index (χ4v) is 4.48. The fraction of sp³-hybridized carbons (Fsp3) is 0.360. The van der Waals surface area contributed by atoms with Crippen molar-refractivity contribution in [2.24, 2.45) is 0 Å². The molecule has 0 spiro atoms. The molecular formula is C25H25FN2O5. The Kier molecular flexibility index (Phi) is 6.11. The molecule has 0 bridgehead atoms. The molecule has 8 heteroatoms. The Hall–Kier alpha value is -3.23. The van der Waals surface area contributed by atoms with Crippen LogP contribution in [0.2, 0.25) is 0 Å². The van der Waals surface area contributed by atoms with Crippen LogP contribution in [0.3, 0.4) is 0 Å². The van der Waals surface area contributed by atoms with E-state index in [1.807, 2.05) is 0 Å². The van der Waals surface area contributed by atoms with Crippen molar-refractivity contribution in [3.63, 3.8) is 0 Å². The molecule has 33 heavy (non-hydrogen) atoms. The van der Waals surface area contributed by atoms with Gasteiger partial charge in [0.15, 0.2) is 5.43 Å². The summed E-state index contributed by atoms with van der Waals surface area (Å²) in [6.45, 7) is 3.06. The molecule has 0 amide bonds. The minimum atomic E-state index is -0.344. The van der Waals surface area contributed by atoms with Gasteiger partial charge >= 0.3 is 0 Å². The van der Waals surface area contributed by atoms with Gasteiger partial charge in [0.2, 0.25) is 0 Å². The van der Waals surface area contributed by atoms with Crippen LogP contribution in [0.1, 0.15) is 36.5 Å². The molecule has 0 radical (unpaired) electrons. The molecule has 0 unspecified atom stereocenters. The number of rotatable bonds is 7. The Bertz CT molecular complexity index is 1320. The van der Waals surface area contributed by atoms with Crippen molar-refractivity contribution in [2.45, 2.75) is 31.8 Å². The van der Waals surface area contributed by atoms with E-state index in [1.54, 1.807) is 24.3 Å². The topological polar surface area (TPSA) is 88.9 Å². The number of likely N-dealkylation sites (tertiary alicyclic amines) is 1. The second kappa shape index (κ2) is 9.33. The van der Waals surface area contributed by atoms with Crippen molar-refractivity contribution in [2.75, 3.05) is 26.2 Å². The quantitative estimate of drug-likeness (QED) is 0.420. The first kappa shape index (κ1) is 21.6. The van der Waals surface area contributed by atoms with Crippen molar-refractivity contribution in [1.82, 2.24) is 10.1 Å². The molecule has 0 saturated carbocycles. The summed E-state index contributed by atoms with van der Waals surface area (Å²) in [6.07, 6.45) is 4.11. The average molecular weight is 452 g/mol. The average Bonchev–Trinajstić information content (AvgIpc) is 3.25. The molecule has 1 aliphatic rings. The Morgan fingerprint density at radius 3 is 2.79 bits per heavy atom. The number of hydrogen-bond donors (Lipinski definition) is 1. The number of aromatic nitrogens is 1. The molecular weight excluding hydrogens is 427 g/mol. The molecule has 172 valence electrons. The lowest BCUT2D eigenvalue weighted by atomic mass is 9.92. The monoisotopic (exact) mass is 452 g/mol. The van der Waals surface area contributed by atoms with Crippen LogP contribution in [0, 0.1) is 5.82 Å². The molecule has 4 aromatic rings. The van der Waals surface area contributed by atoms with Crippen LogP contribution in [-0.4, -0.2) is 41.4 Å². The van der Waals surface area contributed by atoms with Crippen LogP contribution in [0.25, 0.3) is 21.9 Å². The van der Waals surface area contributed by atoms with Gasteiger partial charge in [-0.15, -0.1) is 0 Å². The Labute approximate surface area is 189 Å². The number of aliphatic hydroxyl groups excluding tert-OH is 1. The molecule has 3 heterocycles. The number of fused-ring (bicyclic) bond motifs is 2. The van der Waals surface area contributed by atoms with Gasteiger partial charge in [0.25, 0.3) is 0 Å². The van der Waals surface area contributed by atoms with Gasteiger partial charge in [-0.2, -0.15) is 0 Å². The maximum atomic E-state index is 13.4. The van der Waals surface area contributed by atoms with Gasteiger partial charge in [-0.3, -0.25) is 4.79 Å². The Morgan fingerprint density at radius 2 is 1.97 bits per heavy atom. The molecule has 7 nitrogen and oxygen atoms in total. The highest BCUT2D eigenvalue weighted by Crippen LogP contribution is 2.33. The predicted octanol–water partition coefficient (Wildman–Crippen LogP) is 4.21. The minimum Gasteiger partial charge on any atom is -0.493 e. The maximum Gasteiger partial charge on any atom is 0.198 e. The van der Waals surface area contributed by atoms with E-state index in [0.29, 0.717) is 34.8 Å². The van der Waals surface area contributed by atoms with Crippen LogP contribution in [0.5, 0.6) is 5.75 Å². The van der Waals surface area contributed by atoms with E-state index in [0.717, 1.165) is 50.0 Å². The lowest BCUT2D eigenvalue weighted by Gasteiger charge is -2.30. The minimum absolute atomic E-state index is 0.223. The van der Waals surface area contributed by atoms with Crippen molar-refractivity contribution in [3.8, 4) is 5.75 Å². The van der Waals surface area contributed by atoms with E-state index in [-0.39, 0.29) is 23.4 Å². The SMILES string of the molecule is O=c1c(CO)coc2cc(OCCCN3CCC(c4onc5cc(F)ccc45)CC3)ccc12. The van der Waals surface area contributed by atoms with Gasteiger partial charge in [0.1, 0.15) is 34.7 Å². The van der Waals surface area contributed by atoms with Crippen molar-refractivity contribution in [1.29, 1.82) is 0 Å². The number of aliphatic hydroxyl groups is 1. The summed E-state index contributed by atoms with van der Waals surface area (Å²) in [5.74, 6) is 1.51. The van der Waals surface area contributed by atoms with Crippen molar-refractivity contribution >= 4 is 21.9 Å². The van der Waals surface area contributed by atoms with Crippen molar-refractivity contribution in [3.05, 3.63) is 70.0 Å². The summed E-state index contributed by atoms with van der Waals surface area (Å²) in [5, 5.41) is 14.5. The molecule has 2 aromatic carbocycles.